The Labute approximate surface area is 117 Å². The van der Waals surface area contributed by atoms with Gasteiger partial charge < -0.3 is 5.32 Å². The van der Waals surface area contributed by atoms with Gasteiger partial charge in [-0.05, 0) is 66.3 Å². The summed E-state index contributed by atoms with van der Waals surface area (Å²) in [5.74, 6) is -0.514. The number of nitrogens with one attached hydrogen (secondary N) is 1. The molecule has 3 rings (SSSR count). The molecule has 0 amide bonds. The molecule has 0 atom stereocenters. The van der Waals surface area contributed by atoms with Crippen LogP contribution in [0, 0.1) is 18.6 Å². The van der Waals surface area contributed by atoms with Gasteiger partial charge in [-0.15, -0.1) is 0 Å². The molecule has 1 N–H and O–H groups in total. The number of benzene rings is 2. The van der Waals surface area contributed by atoms with Gasteiger partial charge in [-0.25, -0.2) is 8.78 Å². The van der Waals surface area contributed by atoms with Gasteiger partial charge in [0.05, 0.1) is 0 Å². The lowest BCUT2D eigenvalue weighted by Crippen LogP contribution is -2.16. The molecule has 2 aromatic carbocycles. The van der Waals surface area contributed by atoms with E-state index in [1.165, 1.54) is 37.1 Å². The number of rotatable bonds is 4. The van der Waals surface area contributed by atoms with Crippen LogP contribution in [0.4, 0.5) is 8.78 Å². The van der Waals surface area contributed by atoms with Gasteiger partial charge >= 0.3 is 0 Å². The van der Waals surface area contributed by atoms with Gasteiger partial charge in [0.15, 0.2) is 0 Å². The fourth-order valence-electron chi connectivity index (χ4n) is 2.42. The Kier molecular flexibility index (Phi) is 3.53. The predicted octanol–water partition coefficient (Wildman–Crippen LogP) is 4.19. The van der Waals surface area contributed by atoms with Crippen LogP contribution in [-0.4, -0.2) is 6.04 Å². The number of halogens is 2. The van der Waals surface area contributed by atoms with Crippen LogP contribution < -0.4 is 5.32 Å². The summed E-state index contributed by atoms with van der Waals surface area (Å²) in [5.41, 5.74) is 3.43. The van der Waals surface area contributed by atoms with Gasteiger partial charge in [-0.2, -0.15) is 0 Å². The zero-order valence-corrected chi connectivity index (χ0v) is 11.4. The van der Waals surface area contributed by atoms with Crippen molar-refractivity contribution in [2.75, 3.05) is 0 Å². The minimum absolute atomic E-state index is 0.255. The molecule has 0 saturated heterocycles. The minimum atomic E-state index is -0.259. The average Bonchev–Trinajstić information content (AvgIpc) is 3.19. The maximum atomic E-state index is 13.6. The van der Waals surface area contributed by atoms with E-state index < -0.39 is 0 Å². The van der Waals surface area contributed by atoms with Crippen molar-refractivity contribution in [3.8, 4) is 11.1 Å². The van der Waals surface area contributed by atoms with Crippen molar-refractivity contribution in [2.24, 2.45) is 0 Å². The summed E-state index contributed by atoms with van der Waals surface area (Å²) >= 11 is 0. The highest BCUT2D eigenvalue weighted by atomic mass is 19.1. The van der Waals surface area contributed by atoms with Gasteiger partial charge in [-0.1, -0.05) is 12.1 Å². The molecule has 0 bridgehead atoms. The summed E-state index contributed by atoms with van der Waals surface area (Å²) in [5, 5.41) is 3.38. The summed E-state index contributed by atoms with van der Waals surface area (Å²) in [6.45, 7) is 2.48. The molecule has 1 fully saturated rings. The first-order valence-corrected chi connectivity index (χ1v) is 6.91. The second-order valence-corrected chi connectivity index (χ2v) is 5.47. The molecular formula is C17H17F2N. The van der Waals surface area contributed by atoms with Gasteiger partial charge in [0.2, 0.25) is 0 Å². The maximum absolute atomic E-state index is 13.6. The lowest BCUT2D eigenvalue weighted by Gasteiger charge is -2.12. The van der Waals surface area contributed by atoms with Crippen LogP contribution in [-0.2, 0) is 6.54 Å². The van der Waals surface area contributed by atoms with E-state index in [-0.39, 0.29) is 11.6 Å². The number of hydrogen-bond donors (Lipinski definition) is 1. The standard InChI is InChI=1S/C17H17F2N/c1-11-6-12(8-15(19)7-11)17-5-2-14(18)9-13(17)10-20-16-3-4-16/h2,5-9,16,20H,3-4,10H2,1H3. The first-order valence-electron chi connectivity index (χ1n) is 6.91. The maximum Gasteiger partial charge on any atom is 0.124 e. The highest BCUT2D eigenvalue weighted by molar-refractivity contribution is 5.68. The van der Waals surface area contributed by atoms with Crippen molar-refractivity contribution < 1.29 is 8.78 Å². The van der Waals surface area contributed by atoms with Crippen molar-refractivity contribution in [3.63, 3.8) is 0 Å². The highest BCUT2D eigenvalue weighted by Gasteiger charge is 2.20. The largest absolute Gasteiger partial charge is 0.310 e. The molecule has 0 radical (unpaired) electrons. The van der Waals surface area contributed by atoms with Crippen molar-refractivity contribution >= 4 is 0 Å². The Morgan fingerprint density at radius 2 is 1.85 bits per heavy atom. The number of hydrogen-bond acceptors (Lipinski definition) is 1. The van der Waals surface area contributed by atoms with Crippen molar-refractivity contribution in [1.29, 1.82) is 0 Å². The fraction of sp³-hybridized carbons (Fsp3) is 0.294. The zero-order chi connectivity index (χ0) is 14.1. The molecular weight excluding hydrogens is 256 g/mol. The molecule has 0 aliphatic heterocycles. The average molecular weight is 273 g/mol. The molecule has 20 heavy (non-hydrogen) atoms. The second kappa shape index (κ2) is 5.33. The molecule has 1 aliphatic rings. The van der Waals surface area contributed by atoms with Gasteiger partial charge in [0, 0.05) is 12.6 Å². The van der Waals surface area contributed by atoms with E-state index in [1.54, 1.807) is 6.07 Å². The van der Waals surface area contributed by atoms with Crippen molar-refractivity contribution in [2.45, 2.75) is 32.4 Å². The highest BCUT2D eigenvalue weighted by Crippen LogP contribution is 2.27. The van der Waals surface area contributed by atoms with Crippen LogP contribution in [0.25, 0.3) is 11.1 Å². The molecule has 1 aliphatic carbocycles. The second-order valence-electron chi connectivity index (χ2n) is 5.47. The molecule has 3 heteroatoms. The Morgan fingerprint density at radius 3 is 2.55 bits per heavy atom. The Morgan fingerprint density at radius 1 is 1.05 bits per heavy atom. The van der Waals surface area contributed by atoms with Crippen LogP contribution in [0.5, 0.6) is 0 Å². The van der Waals surface area contributed by atoms with Crippen molar-refractivity contribution in [1.82, 2.24) is 5.32 Å². The topological polar surface area (TPSA) is 12.0 Å². The Hall–Kier alpha value is -1.74. The van der Waals surface area contributed by atoms with Crippen molar-refractivity contribution in [3.05, 3.63) is 59.2 Å². The monoisotopic (exact) mass is 273 g/mol. The summed E-state index contributed by atoms with van der Waals surface area (Å²) in [7, 11) is 0. The lowest BCUT2D eigenvalue weighted by atomic mass is 9.98. The molecule has 0 spiro atoms. The minimum Gasteiger partial charge on any atom is -0.310 e. The molecule has 2 aromatic rings. The van der Waals surface area contributed by atoms with Gasteiger partial charge in [0.25, 0.3) is 0 Å². The quantitative estimate of drug-likeness (QED) is 0.880. The third-order valence-electron chi connectivity index (χ3n) is 3.58. The molecule has 1 saturated carbocycles. The lowest BCUT2D eigenvalue weighted by molar-refractivity contribution is 0.620. The van der Waals surface area contributed by atoms with E-state index >= 15 is 0 Å². The van der Waals surface area contributed by atoms with Gasteiger partial charge in [0.1, 0.15) is 11.6 Å². The third kappa shape index (κ3) is 3.05. The molecule has 1 nitrogen and oxygen atoms in total. The van der Waals surface area contributed by atoms with E-state index in [0.717, 1.165) is 22.3 Å². The summed E-state index contributed by atoms with van der Waals surface area (Å²) < 4.78 is 27.0. The first kappa shape index (κ1) is 13.3. The third-order valence-corrected chi connectivity index (χ3v) is 3.58. The van der Waals surface area contributed by atoms with E-state index in [2.05, 4.69) is 5.32 Å². The SMILES string of the molecule is Cc1cc(F)cc(-c2ccc(F)cc2CNC2CC2)c1. The fourth-order valence-corrected chi connectivity index (χ4v) is 2.42. The Bertz CT molecular complexity index is 613. The van der Waals surface area contributed by atoms with Crippen LogP contribution in [0.2, 0.25) is 0 Å². The number of aryl methyl sites for hydroxylation is 1. The van der Waals surface area contributed by atoms with Crippen LogP contribution in [0.1, 0.15) is 24.0 Å². The van der Waals surface area contributed by atoms with E-state index in [9.17, 15) is 8.78 Å². The molecule has 104 valence electrons. The van der Waals surface area contributed by atoms with E-state index in [0.29, 0.717) is 12.6 Å². The molecule has 0 unspecified atom stereocenters. The predicted molar refractivity (Wildman–Crippen MR) is 76.4 cm³/mol. The van der Waals surface area contributed by atoms with E-state index in [1.807, 2.05) is 13.0 Å². The van der Waals surface area contributed by atoms with E-state index in [4.69, 9.17) is 0 Å². The zero-order valence-electron chi connectivity index (χ0n) is 11.4. The summed E-state index contributed by atoms with van der Waals surface area (Å²) in [6.07, 6.45) is 2.37. The van der Waals surface area contributed by atoms with Crippen LogP contribution >= 0.6 is 0 Å². The molecule has 0 aromatic heterocycles. The molecule has 0 heterocycles. The summed E-state index contributed by atoms with van der Waals surface area (Å²) in [6, 6.07) is 10.2. The summed E-state index contributed by atoms with van der Waals surface area (Å²) in [4.78, 5) is 0. The van der Waals surface area contributed by atoms with Gasteiger partial charge in [-0.3, -0.25) is 0 Å². The van der Waals surface area contributed by atoms with Crippen LogP contribution in [0.15, 0.2) is 36.4 Å². The first-order chi connectivity index (χ1) is 9.61. The normalized spacial score (nSPS) is 14.6. The smallest absolute Gasteiger partial charge is 0.124 e. The van der Waals surface area contributed by atoms with Crippen LogP contribution in [0.3, 0.4) is 0 Å². The Balaban J connectivity index is 1.97.